The van der Waals surface area contributed by atoms with E-state index in [2.05, 4.69) is 4.99 Å². The van der Waals surface area contributed by atoms with Crippen molar-refractivity contribution in [2.45, 2.75) is 32.6 Å². The topological polar surface area (TPSA) is 47.9 Å². The molecule has 1 aliphatic heterocycles. The van der Waals surface area contributed by atoms with E-state index in [1.165, 1.54) is 4.88 Å². The molecule has 2 unspecified atom stereocenters. The zero-order valence-electron chi connectivity index (χ0n) is 12.5. The summed E-state index contributed by atoms with van der Waals surface area (Å²) >= 11 is 1.62. The molecular weight excluding hydrogens is 298 g/mol. The van der Waals surface area contributed by atoms with Crippen LogP contribution in [0.2, 0.25) is 0 Å². The van der Waals surface area contributed by atoms with Crippen LogP contribution in [0, 0.1) is 6.92 Å². The number of hydrogen-bond acceptors (Lipinski definition) is 5. The van der Waals surface area contributed by atoms with Crippen LogP contribution in [0.5, 0.6) is 0 Å². The summed E-state index contributed by atoms with van der Waals surface area (Å²) in [5, 5.41) is 0. The van der Waals surface area contributed by atoms with E-state index in [-0.39, 0.29) is 18.7 Å². The first-order valence-electron chi connectivity index (χ1n) is 7.11. The quantitative estimate of drug-likeness (QED) is 0.809. The lowest BCUT2D eigenvalue weighted by Crippen LogP contribution is -2.25. The Hall–Kier alpha value is -2.14. The lowest BCUT2D eigenvalue weighted by molar-refractivity contribution is -0.148. The lowest BCUT2D eigenvalue weighted by Gasteiger charge is -2.15. The van der Waals surface area contributed by atoms with Crippen LogP contribution in [0.3, 0.4) is 0 Å². The standard InChI is InChI=1S/C17H17NO3S/c1-11-8-9-14(22-11)16-15(18-12(2)21-16)17(19)20-10-13-6-4-3-5-7-13/h3-9,15-16H,10H2,1-2H3. The van der Waals surface area contributed by atoms with Crippen LogP contribution < -0.4 is 0 Å². The molecular formula is C17H17NO3S. The minimum absolute atomic E-state index is 0.251. The number of benzene rings is 1. The second-order valence-electron chi connectivity index (χ2n) is 5.17. The zero-order valence-corrected chi connectivity index (χ0v) is 13.3. The number of rotatable bonds is 4. The molecule has 1 aliphatic rings. The molecule has 2 heterocycles. The highest BCUT2D eigenvalue weighted by Gasteiger charge is 2.38. The molecule has 0 aliphatic carbocycles. The van der Waals surface area contributed by atoms with Gasteiger partial charge in [0.25, 0.3) is 0 Å². The normalized spacial score (nSPS) is 20.4. The summed E-state index contributed by atoms with van der Waals surface area (Å²) in [6, 6.07) is 13.0. The summed E-state index contributed by atoms with van der Waals surface area (Å²) < 4.78 is 11.1. The second kappa shape index (κ2) is 6.32. The van der Waals surface area contributed by atoms with Crippen molar-refractivity contribution in [3.8, 4) is 0 Å². The maximum absolute atomic E-state index is 12.4. The van der Waals surface area contributed by atoms with Gasteiger partial charge in [-0.25, -0.2) is 9.79 Å². The molecule has 2 aromatic rings. The lowest BCUT2D eigenvalue weighted by atomic mass is 10.1. The molecule has 3 rings (SSSR count). The molecule has 1 aromatic carbocycles. The summed E-state index contributed by atoms with van der Waals surface area (Å²) in [7, 11) is 0. The number of carbonyl (C=O) groups is 1. The summed E-state index contributed by atoms with van der Waals surface area (Å²) in [6.45, 7) is 4.04. The van der Waals surface area contributed by atoms with E-state index in [0.717, 1.165) is 10.4 Å². The van der Waals surface area contributed by atoms with Crippen molar-refractivity contribution in [1.82, 2.24) is 0 Å². The monoisotopic (exact) mass is 315 g/mol. The third-order valence-corrected chi connectivity index (χ3v) is 4.47. The summed E-state index contributed by atoms with van der Waals surface area (Å²) in [5.41, 5.74) is 0.957. The van der Waals surface area contributed by atoms with Crippen molar-refractivity contribution in [3.63, 3.8) is 0 Å². The summed E-state index contributed by atoms with van der Waals surface area (Å²) in [6.07, 6.45) is -0.373. The van der Waals surface area contributed by atoms with Crippen LogP contribution in [-0.4, -0.2) is 17.9 Å². The molecule has 0 fully saturated rings. The molecule has 5 heteroatoms. The average molecular weight is 315 g/mol. The SMILES string of the molecule is CC1=NC(C(=O)OCc2ccccc2)C(c2ccc(C)s2)O1. The first-order valence-corrected chi connectivity index (χ1v) is 7.93. The maximum atomic E-state index is 12.4. The van der Waals surface area contributed by atoms with Crippen LogP contribution in [0.4, 0.5) is 0 Å². The number of esters is 1. The molecule has 0 N–H and O–H groups in total. The van der Waals surface area contributed by atoms with E-state index in [4.69, 9.17) is 9.47 Å². The maximum Gasteiger partial charge on any atom is 0.335 e. The molecule has 114 valence electrons. The molecule has 22 heavy (non-hydrogen) atoms. The highest BCUT2D eigenvalue weighted by molar-refractivity contribution is 7.12. The molecule has 0 saturated heterocycles. The Kier molecular flexibility index (Phi) is 4.24. The molecule has 4 nitrogen and oxygen atoms in total. The number of hydrogen-bond donors (Lipinski definition) is 0. The van der Waals surface area contributed by atoms with Gasteiger partial charge in [0.15, 0.2) is 18.0 Å². The van der Waals surface area contributed by atoms with Crippen LogP contribution in [0.15, 0.2) is 47.5 Å². The summed E-state index contributed by atoms with van der Waals surface area (Å²) in [5.74, 6) is 0.175. The Labute approximate surface area is 133 Å². The Morgan fingerprint density at radius 1 is 1.23 bits per heavy atom. The number of carbonyl (C=O) groups excluding carboxylic acids is 1. The molecule has 0 radical (unpaired) electrons. The number of aryl methyl sites for hydroxylation is 1. The van der Waals surface area contributed by atoms with Gasteiger partial charge < -0.3 is 9.47 Å². The first kappa shape index (κ1) is 14.8. The van der Waals surface area contributed by atoms with Gasteiger partial charge >= 0.3 is 5.97 Å². The Morgan fingerprint density at radius 2 is 2.00 bits per heavy atom. The number of thiophene rings is 1. The van der Waals surface area contributed by atoms with Crippen LogP contribution in [0.1, 0.15) is 28.3 Å². The second-order valence-corrected chi connectivity index (χ2v) is 6.49. The fraction of sp³-hybridized carbons (Fsp3) is 0.294. The Bertz CT molecular complexity index is 693. The van der Waals surface area contributed by atoms with Crippen molar-refractivity contribution >= 4 is 23.2 Å². The van der Waals surface area contributed by atoms with Gasteiger partial charge in [-0.15, -0.1) is 11.3 Å². The predicted octanol–water partition coefficient (Wildman–Crippen LogP) is 3.66. The van der Waals surface area contributed by atoms with E-state index in [1.807, 2.05) is 49.4 Å². The van der Waals surface area contributed by atoms with Crippen LogP contribution >= 0.6 is 11.3 Å². The molecule has 0 spiro atoms. The molecule has 2 atom stereocenters. The Balaban J connectivity index is 1.69. The fourth-order valence-electron chi connectivity index (χ4n) is 2.35. The van der Waals surface area contributed by atoms with Gasteiger partial charge in [0.2, 0.25) is 0 Å². The largest absolute Gasteiger partial charge is 0.469 e. The van der Waals surface area contributed by atoms with E-state index in [9.17, 15) is 4.79 Å². The first-order chi connectivity index (χ1) is 10.6. The molecule has 0 amide bonds. The van der Waals surface area contributed by atoms with Crippen molar-refractivity contribution in [3.05, 3.63) is 57.8 Å². The van der Waals surface area contributed by atoms with Gasteiger partial charge in [0.05, 0.1) is 0 Å². The number of ether oxygens (including phenoxy) is 2. The fourth-order valence-corrected chi connectivity index (χ4v) is 3.29. The number of nitrogens with zero attached hydrogens (tertiary/aromatic N) is 1. The zero-order chi connectivity index (χ0) is 15.5. The van der Waals surface area contributed by atoms with Crippen LogP contribution in [-0.2, 0) is 20.9 Å². The highest BCUT2D eigenvalue weighted by atomic mass is 32.1. The van der Waals surface area contributed by atoms with E-state index >= 15 is 0 Å². The van der Waals surface area contributed by atoms with Crippen molar-refractivity contribution in [2.24, 2.45) is 4.99 Å². The van der Waals surface area contributed by atoms with Crippen molar-refractivity contribution in [1.29, 1.82) is 0 Å². The van der Waals surface area contributed by atoms with Gasteiger partial charge in [-0.3, -0.25) is 0 Å². The molecule has 0 bridgehead atoms. The average Bonchev–Trinajstić information content (AvgIpc) is 3.11. The smallest absolute Gasteiger partial charge is 0.335 e. The van der Waals surface area contributed by atoms with E-state index in [1.54, 1.807) is 18.3 Å². The van der Waals surface area contributed by atoms with Crippen molar-refractivity contribution < 1.29 is 14.3 Å². The van der Waals surface area contributed by atoms with Crippen molar-refractivity contribution in [2.75, 3.05) is 0 Å². The number of aliphatic imine (C=N–C) groups is 1. The minimum Gasteiger partial charge on any atom is -0.469 e. The molecule has 1 aromatic heterocycles. The Morgan fingerprint density at radius 3 is 2.68 bits per heavy atom. The third-order valence-electron chi connectivity index (χ3n) is 3.41. The third kappa shape index (κ3) is 3.20. The van der Waals surface area contributed by atoms with E-state index in [0.29, 0.717) is 5.90 Å². The van der Waals surface area contributed by atoms with Gasteiger partial charge in [-0.1, -0.05) is 30.3 Å². The highest BCUT2D eigenvalue weighted by Crippen LogP contribution is 2.34. The van der Waals surface area contributed by atoms with Gasteiger partial charge in [0.1, 0.15) is 6.61 Å². The van der Waals surface area contributed by atoms with Gasteiger partial charge in [0, 0.05) is 16.7 Å². The summed E-state index contributed by atoms with van der Waals surface area (Å²) in [4.78, 5) is 18.8. The minimum atomic E-state index is -0.623. The van der Waals surface area contributed by atoms with Gasteiger partial charge in [-0.2, -0.15) is 0 Å². The van der Waals surface area contributed by atoms with Gasteiger partial charge in [-0.05, 0) is 24.6 Å². The molecule has 0 saturated carbocycles. The predicted molar refractivity (Wildman–Crippen MR) is 86.0 cm³/mol. The van der Waals surface area contributed by atoms with Crippen LogP contribution in [0.25, 0.3) is 0 Å². The van der Waals surface area contributed by atoms with E-state index < -0.39 is 6.04 Å².